The van der Waals surface area contributed by atoms with Crippen LogP contribution in [-0.4, -0.2) is 41.1 Å². The van der Waals surface area contributed by atoms with Crippen molar-refractivity contribution in [2.75, 3.05) is 20.6 Å². The molecule has 3 rings (SSSR count). The lowest BCUT2D eigenvalue weighted by Crippen LogP contribution is -2.21. The molecule has 0 unspecified atom stereocenters. The minimum atomic E-state index is 0.124. The molecule has 0 fully saturated rings. The van der Waals surface area contributed by atoms with Crippen LogP contribution in [-0.2, 0) is 18.4 Å². The molecule has 0 saturated heterocycles. The summed E-state index contributed by atoms with van der Waals surface area (Å²) in [5.74, 6) is 0.243. The average Bonchev–Trinajstić information content (AvgIpc) is 2.92. The number of Topliss-reactive ketones (excluding diaryl/α,β-unsaturated/α-hetero) is 1. The number of aromatic nitrogens is 2. The van der Waals surface area contributed by atoms with Gasteiger partial charge < -0.3 is 4.90 Å². The molecule has 2 aromatic rings. The van der Waals surface area contributed by atoms with Gasteiger partial charge in [-0.15, -0.1) is 0 Å². The normalized spacial score (nSPS) is 14.9. The van der Waals surface area contributed by atoms with E-state index >= 15 is 0 Å². The Morgan fingerprint density at radius 2 is 1.80 bits per heavy atom. The number of rotatable bonds is 4. The Balaban J connectivity index is 2.02. The lowest BCUT2D eigenvalue weighted by atomic mass is 9.86. The molecule has 0 amide bonds. The number of fused-ring (bicyclic) bond motifs is 1. The second-order valence-electron chi connectivity index (χ2n) is 8.30. The first-order valence-corrected chi connectivity index (χ1v) is 9.16. The van der Waals surface area contributed by atoms with Gasteiger partial charge in [0.05, 0.1) is 12.1 Å². The zero-order valence-corrected chi connectivity index (χ0v) is 16.1. The SMILES string of the molecule is CN(C)CCn1nc(-c2ccc(C(C)(C)C)cc2)c2c1CCCC2=O. The second kappa shape index (κ2) is 6.75. The van der Waals surface area contributed by atoms with Gasteiger partial charge in [-0.05, 0) is 37.9 Å². The molecule has 1 aromatic carbocycles. The van der Waals surface area contributed by atoms with Crippen LogP contribution in [0.1, 0.15) is 55.2 Å². The van der Waals surface area contributed by atoms with Gasteiger partial charge in [-0.2, -0.15) is 5.10 Å². The summed E-state index contributed by atoms with van der Waals surface area (Å²) in [6, 6.07) is 8.55. The zero-order chi connectivity index (χ0) is 18.2. The Labute approximate surface area is 150 Å². The van der Waals surface area contributed by atoms with Crippen molar-refractivity contribution >= 4 is 5.78 Å². The van der Waals surface area contributed by atoms with Crippen LogP contribution in [0.2, 0.25) is 0 Å². The minimum Gasteiger partial charge on any atom is -0.308 e. The molecule has 1 aromatic heterocycles. The zero-order valence-electron chi connectivity index (χ0n) is 16.1. The van der Waals surface area contributed by atoms with Crippen molar-refractivity contribution in [3.8, 4) is 11.3 Å². The van der Waals surface area contributed by atoms with Crippen LogP contribution in [0.25, 0.3) is 11.3 Å². The smallest absolute Gasteiger partial charge is 0.166 e. The number of likely N-dealkylation sites (N-methyl/N-ethyl adjacent to an activating group) is 1. The lowest BCUT2D eigenvalue weighted by molar-refractivity contribution is 0.0972. The molecule has 0 radical (unpaired) electrons. The molecule has 1 heterocycles. The van der Waals surface area contributed by atoms with Gasteiger partial charge in [0.1, 0.15) is 5.69 Å². The molecular formula is C21H29N3O. The van der Waals surface area contributed by atoms with Crippen LogP contribution in [0.3, 0.4) is 0 Å². The van der Waals surface area contributed by atoms with Gasteiger partial charge in [-0.25, -0.2) is 0 Å². The number of carbonyl (C=O) groups is 1. The van der Waals surface area contributed by atoms with Crippen molar-refractivity contribution in [1.29, 1.82) is 0 Å². The predicted molar refractivity (Wildman–Crippen MR) is 102 cm³/mol. The van der Waals surface area contributed by atoms with E-state index in [9.17, 15) is 4.79 Å². The highest BCUT2D eigenvalue weighted by Gasteiger charge is 2.27. The Hall–Kier alpha value is -1.94. The summed E-state index contributed by atoms with van der Waals surface area (Å²) < 4.78 is 2.05. The molecule has 134 valence electrons. The largest absolute Gasteiger partial charge is 0.308 e. The highest BCUT2D eigenvalue weighted by molar-refractivity contribution is 6.03. The lowest BCUT2D eigenvalue weighted by Gasteiger charge is -2.19. The van der Waals surface area contributed by atoms with Gasteiger partial charge in [0.15, 0.2) is 5.78 Å². The molecule has 0 N–H and O–H groups in total. The number of benzene rings is 1. The maximum Gasteiger partial charge on any atom is 0.166 e. The van der Waals surface area contributed by atoms with Crippen LogP contribution in [0.15, 0.2) is 24.3 Å². The molecule has 0 bridgehead atoms. The first-order valence-electron chi connectivity index (χ1n) is 9.16. The molecule has 1 aliphatic carbocycles. The van der Waals surface area contributed by atoms with Crippen LogP contribution >= 0.6 is 0 Å². The van der Waals surface area contributed by atoms with E-state index in [-0.39, 0.29) is 11.2 Å². The van der Waals surface area contributed by atoms with Crippen molar-refractivity contribution in [3.05, 3.63) is 41.1 Å². The number of nitrogens with zero attached hydrogens (tertiary/aromatic N) is 3. The predicted octanol–water partition coefficient (Wildman–Crippen LogP) is 3.93. The van der Waals surface area contributed by atoms with E-state index in [0.717, 1.165) is 48.4 Å². The Morgan fingerprint density at radius 1 is 1.12 bits per heavy atom. The van der Waals surface area contributed by atoms with E-state index < -0.39 is 0 Å². The highest BCUT2D eigenvalue weighted by atomic mass is 16.1. The first kappa shape index (κ1) is 17.9. The summed E-state index contributed by atoms with van der Waals surface area (Å²) in [4.78, 5) is 14.7. The van der Waals surface area contributed by atoms with Gasteiger partial charge in [-0.3, -0.25) is 9.48 Å². The fourth-order valence-electron chi connectivity index (χ4n) is 3.40. The highest BCUT2D eigenvalue weighted by Crippen LogP contribution is 2.32. The number of hydrogen-bond acceptors (Lipinski definition) is 3. The van der Waals surface area contributed by atoms with E-state index in [1.54, 1.807) is 0 Å². The third-order valence-corrected chi connectivity index (χ3v) is 4.94. The Morgan fingerprint density at radius 3 is 2.40 bits per heavy atom. The molecule has 0 aliphatic heterocycles. The molecular weight excluding hydrogens is 310 g/mol. The fourth-order valence-corrected chi connectivity index (χ4v) is 3.40. The quantitative estimate of drug-likeness (QED) is 0.847. The van der Waals surface area contributed by atoms with Gasteiger partial charge >= 0.3 is 0 Å². The maximum absolute atomic E-state index is 12.6. The molecule has 0 spiro atoms. The average molecular weight is 339 g/mol. The van der Waals surface area contributed by atoms with Crippen LogP contribution in [0, 0.1) is 0 Å². The summed E-state index contributed by atoms with van der Waals surface area (Å²) >= 11 is 0. The van der Waals surface area contributed by atoms with E-state index in [1.807, 2.05) is 0 Å². The van der Waals surface area contributed by atoms with E-state index in [1.165, 1.54) is 5.56 Å². The van der Waals surface area contributed by atoms with Gasteiger partial charge in [0.25, 0.3) is 0 Å². The van der Waals surface area contributed by atoms with Gasteiger partial charge in [0.2, 0.25) is 0 Å². The molecule has 0 saturated carbocycles. The monoisotopic (exact) mass is 339 g/mol. The van der Waals surface area contributed by atoms with E-state index in [2.05, 4.69) is 68.7 Å². The number of ketones is 1. The standard InChI is InChI=1S/C21H29N3O/c1-21(2,3)16-11-9-15(10-12-16)20-19-17(7-6-8-18(19)25)24(22-20)14-13-23(4)5/h9-12H,6-8,13-14H2,1-5H3. The molecule has 4 nitrogen and oxygen atoms in total. The molecule has 0 atom stereocenters. The van der Waals surface area contributed by atoms with Crippen molar-refractivity contribution in [1.82, 2.24) is 14.7 Å². The summed E-state index contributed by atoms with van der Waals surface area (Å²) in [6.07, 6.45) is 2.52. The van der Waals surface area contributed by atoms with Crippen molar-refractivity contribution in [2.24, 2.45) is 0 Å². The van der Waals surface area contributed by atoms with Crippen LogP contribution in [0.4, 0.5) is 0 Å². The van der Waals surface area contributed by atoms with Crippen molar-refractivity contribution in [3.63, 3.8) is 0 Å². The van der Waals surface area contributed by atoms with Crippen molar-refractivity contribution < 1.29 is 4.79 Å². The number of hydrogen-bond donors (Lipinski definition) is 0. The third-order valence-electron chi connectivity index (χ3n) is 4.94. The summed E-state index contributed by atoms with van der Waals surface area (Å²) in [5.41, 5.74) is 5.30. The second-order valence-corrected chi connectivity index (χ2v) is 8.30. The van der Waals surface area contributed by atoms with E-state index in [0.29, 0.717) is 6.42 Å². The summed E-state index contributed by atoms with van der Waals surface area (Å²) in [5, 5.41) is 4.85. The summed E-state index contributed by atoms with van der Waals surface area (Å²) in [6.45, 7) is 8.38. The Bertz CT molecular complexity index is 764. The summed E-state index contributed by atoms with van der Waals surface area (Å²) in [7, 11) is 4.13. The Kier molecular flexibility index (Phi) is 4.83. The first-order chi connectivity index (χ1) is 11.8. The van der Waals surface area contributed by atoms with Crippen molar-refractivity contribution in [2.45, 2.75) is 52.0 Å². The molecule has 1 aliphatic rings. The minimum absolute atomic E-state index is 0.124. The fraction of sp³-hybridized carbons (Fsp3) is 0.524. The maximum atomic E-state index is 12.6. The van der Waals surface area contributed by atoms with Gasteiger partial charge in [-0.1, -0.05) is 45.0 Å². The third kappa shape index (κ3) is 3.69. The molecule has 4 heteroatoms. The van der Waals surface area contributed by atoms with Gasteiger partial charge in [0, 0.05) is 24.2 Å². The number of carbonyl (C=O) groups excluding carboxylic acids is 1. The van der Waals surface area contributed by atoms with E-state index in [4.69, 9.17) is 5.10 Å². The van der Waals surface area contributed by atoms with Crippen LogP contribution < -0.4 is 0 Å². The molecule has 25 heavy (non-hydrogen) atoms. The van der Waals surface area contributed by atoms with Crippen LogP contribution in [0.5, 0.6) is 0 Å². The topological polar surface area (TPSA) is 38.1 Å².